The first-order valence-corrected chi connectivity index (χ1v) is 6.27. The molecule has 0 saturated carbocycles. The molecule has 4 nitrogen and oxygen atoms in total. The molecule has 0 aliphatic carbocycles. The Bertz CT molecular complexity index is 373. The minimum absolute atomic E-state index is 0.0291. The van der Waals surface area contributed by atoms with Gasteiger partial charge in [0.05, 0.1) is 0 Å². The molecule has 1 rings (SSSR count). The number of benzene rings is 1. The van der Waals surface area contributed by atoms with E-state index in [0.717, 1.165) is 18.7 Å². The lowest BCUT2D eigenvalue weighted by Crippen LogP contribution is -2.26. The quantitative estimate of drug-likeness (QED) is 0.799. The Labute approximate surface area is 109 Å². The number of rotatable bonds is 6. The van der Waals surface area contributed by atoms with E-state index in [9.17, 15) is 4.79 Å². The van der Waals surface area contributed by atoms with Gasteiger partial charge in [0.2, 0.25) is 5.91 Å². The fourth-order valence-corrected chi connectivity index (χ4v) is 1.48. The zero-order valence-corrected chi connectivity index (χ0v) is 11.4. The minimum atomic E-state index is -0.154. The summed E-state index contributed by atoms with van der Waals surface area (Å²) in [5, 5.41) is 2.86. The Balaban J connectivity index is 2.52. The van der Waals surface area contributed by atoms with Crippen molar-refractivity contribution in [3.05, 3.63) is 29.8 Å². The van der Waals surface area contributed by atoms with E-state index in [1.807, 2.05) is 31.2 Å². The molecule has 0 aliphatic heterocycles. The van der Waals surface area contributed by atoms with Crippen molar-refractivity contribution >= 4 is 11.6 Å². The Morgan fingerprint density at radius 1 is 1.33 bits per heavy atom. The fourth-order valence-electron chi connectivity index (χ4n) is 1.48. The van der Waals surface area contributed by atoms with Gasteiger partial charge in [-0.25, -0.2) is 0 Å². The summed E-state index contributed by atoms with van der Waals surface area (Å²) in [5.41, 5.74) is 7.55. The van der Waals surface area contributed by atoms with E-state index in [1.54, 1.807) is 0 Å². The highest BCUT2D eigenvalue weighted by Crippen LogP contribution is 2.11. The van der Waals surface area contributed by atoms with Crippen LogP contribution in [0.2, 0.25) is 0 Å². The van der Waals surface area contributed by atoms with Crippen molar-refractivity contribution in [2.45, 2.75) is 13.3 Å². The maximum atomic E-state index is 11.6. The van der Waals surface area contributed by atoms with Gasteiger partial charge in [-0.15, -0.1) is 0 Å². The molecule has 0 bridgehead atoms. The molecule has 1 aromatic carbocycles. The molecule has 1 aromatic rings. The van der Waals surface area contributed by atoms with Crippen LogP contribution in [0.5, 0.6) is 0 Å². The molecule has 1 amide bonds. The number of carbonyl (C=O) groups is 1. The zero-order chi connectivity index (χ0) is 13.5. The maximum Gasteiger partial charge on any atom is 0.228 e. The van der Waals surface area contributed by atoms with Gasteiger partial charge in [0, 0.05) is 24.7 Å². The van der Waals surface area contributed by atoms with Gasteiger partial charge in [-0.3, -0.25) is 4.79 Å². The topological polar surface area (TPSA) is 58.4 Å². The number of nitrogens with zero attached hydrogens (tertiary/aromatic N) is 1. The van der Waals surface area contributed by atoms with Crippen LogP contribution < -0.4 is 11.1 Å². The number of anilines is 1. The average molecular weight is 249 g/mol. The average Bonchev–Trinajstić information content (AvgIpc) is 2.36. The Morgan fingerprint density at radius 3 is 2.44 bits per heavy atom. The van der Waals surface area contributed by atoms with Crippen molar-refractivity contribution < 1.29 is 4.79 Å². The molecule has 0 fully saturated rings. The van der Waals surface area contributed by atoms with E-state index < -0.39 is 0 Å². The third-order valence-electron chi connectivity index (χ3n) is 2.87. The van der Waals surface area contributed by atoms with Crippen LogP contribution >= 0.6 is 0 Å². The first-order valence-electron chi connectivity index (χ1n) is 6.27. The van der Waals surface area contributed by atoms with E-state index in [2.05, 4.69) is 24.3 Å². The van der Waals surface area contributed by atoms with Gasteiger partial charge in [0.25, 0.3) is 0 Å². The third-order valence-corrected chi connectivity index (χ3v) is 2.87. The highest BCUT2D eigenvalue weighted by Gasteiger charge is 2.10. The molecule has 3 N–H and O–H groups in total. The molecule has 100 valence electrons. The maximum absolute atomic E-state index is 11.6. The lowest BCUT2D eigenvalue weighted by Gasteiger charge is -2.11. The second-order valence-electron chi connectivity index (χ2n) is 4.88. The van der Waals surface area contributed by atoms with Gasteiger partial charge in [-0.05, 0) is 38.2 Å². The molecule has 4 heteroatoms. The molecule has 0 spiro atoms. The highest BCUT2D eigenvalue weighted by molar-refractivity contribution is 5.92. The molecular weight excluding hydrogens is 226 g/mol. The van der Waals surface area contributed by atoms with E-state index in [-0.39, 0.29) is 11.8 Å². The monoisotopic (exact) mass is 249 g/mol. The van der Waals surface area contributed by atoms with E-state index in [1.165, 1.54) is 5.56 Å². The number of likely N-dealkylation sites (N-methyl/N-ethyl adjacent to an activating group) is 1. The van der Waals surface area contributed by atoms with Gasteiger partial charge in [0.15, 0.2) is 0 Å². The van der Waals surface area contributed by atoms with Gasteiger partial charge >= 0.3 is 0 Å². The van der Waals surface area contributed by atoms with Crippen LogP contribution in [0.3, 0.4) is 0 Å². The number of nitrogens with one attached hydrogen (secondary N) is 1. The smallest absolute Gasteiger partial charge is 0.228 e. The molecular formula is C14H23N3O. The summed E-state index contributed by atoms with van der Waals surface area (Å²) in [7, 11) is 4.12. The summed E-state index contributed by atoms with van der Waals surface area (Å²) in [5.74, 6) is -0.183. The first-order chi connectivity index (χ1) is 8.52. The van der Waals surface area contributed by atoms with Crippen LogP contribution in [0.4, 0.5) is 5.69 Å². The Morgan fingerprint density at radius 2 is 1.94 bits per heavy atom. The second kappa shape index (κ2) is 7.13. The van der Waals surface area contributed by atoms with Crippen LogP contribution in [0.15, 0.2) is 24.3 Å². The van der Waals surface area contributed by atoms with Crippen molar-refractivity contribution in [1.82, 2.24) is 4.90 Å². The minimum Gasteiger partial charge on any atom is -0.330 e. The predicted molar refractivity (Wildman–Crippen MR) is 75.5 cm³/mol. The van der Waals surface area contributed by atoms with E-state index in [4.69, 9.17) is 5.73 Å². The standard InChI is InChI=1S/C14H23N3O/c1-11(10-15)14(18)16-13-6-4-12(5-7-13)8-9-17(2)3/h4-7,11H,8-10,15H2,1-3H3,(H,16,18). The molecule has 18 heavy (non-hydrogen) atoms. The molecule has 1 atom stereocenters. The van der Waals surface area contributed by atoms with Crippen LogP contribution in [0, 0.1) is 5.92 Å². The third kappa shape index (κ3) is 4.85. The van der Waals surface area contributed by atoms with Crippen molar-refractivity contribution in [3.8, 4) is 0 Å². The number of hydrogen-bond donors (Lipinski definition) is 2. The molecule has 0 heterocycles. The lowest BCUT2D eigenvalue weighted by molar-refractivity contribution is -0.119. The van der Waals surface area contributed by atoms with Crippen molar-refractivity contribution in [2.75, 3.05) is 32.5 Å². The molecule has 0 aromatic heterocycles. The first kappa shape index (κ1) is 14.7. The summed E-state index contributed by atoms with van der Waals surface area (Å²) >= 11 is 0. The van der Waals surface area contributed by atoms with Crippen LogP contribution in [0.25, 0.3) is 0 Å². The van der Waals surface area contributed by atoms with Crippen molar-refractivity contribution in [2.24, 2.45) is 11.7 Å². The fraction of sp³-hybridized carbons (Fsp3) is 0.500. The number of carbonyl (C=O) groups excluding carboxylic acids is 1. The Kier molecular flexibility index (Phi) is 5.82. The second-order valence-corrected chi connectivity index (χ2v) is 4.88. The normalized spacial score (nSPS) is 12.5. The largest absolute Gasteiger partial charge is 0.330 e. The summed E-state index contributed by atoms with van der Waals surface area (Å²) < 4.78 is 0. The highest BCUT2D eigenvalue weighted by atomic mass is 16.1. The van der Waals surface area contributed by atoms with Crippen molar-refractivity contribution in [3.63, 3.8) is 0 Å². The van der Waals surface area contributed by atoms with Crippen LogP contribution in [-0.4, -0.2) is 38.0 Å². The summed E-state index contributed by atoms with van der Waals surface area (Å²) in [6.07, 6.45) is 1.01. The summed E-state index contributed by atoms with van der Waals surface area (Å²) in [6.45, 7) is 3.21. The van der Waals surface area contributed by atoms with Crippen LogP contribution in [0.1, 0.15) is 12.5 Å². The zero-order valence-electron chi connectivity index (χ0n) is 11.4. The van der Waals surface area contributed by atoms with E-state index in [0.29, 0.717) is 6.54 Å². The summed E-state index contributed by atoms with van der Waals surface area (Å²) in [4.78, 5) is 13.8. The number of nitrogens with two attached hydrogens (primary N) is 1. The van der Waals surface area contributed by atoms with Gasteiger partial charge in [0.1, 0.15) is 0 Å². The van der Waals surface area contributed by atoms with Gasteiger partial charge in [-0.1, -0.05) is 19.1 Å². The molecule has 0 aliphatic rings. The van der Waals surface area contributed by atoms with E-state index >= 15 is 0 Å². The summed E-state index contributed by atoms with van der Waals surface area (Å²) in [6, 6.07) is 7.97. The van der Waals surface area contributed by atoms with Gasteiger partial charge < -0.3 is 16.0 Å². The number of hydrogen-bond acceptors (Lipinski definition) is 3. The Hall–Kier alpha value is -1.39. The molecule has 1 unspecified atom stereocenters. The lowest BCUT2D eigenvalue weighted by atomic mass is 10.1. The molecule has 0 saturated heterocycles. The molecule has 0 radical (unpaired) electrons. The van der Waals surface area contributed by atoms with Crippen molar-refractivity contribution in [1.29, 1.82) is 0 Å². The number of amides is 1. The SMILES string of the molecule is CC(CN)C(=O)Nc1ccc(CCN(C)C)cc1. The van der Waals surface area contributed by atoms with Gasteiger partial charge in [-0.2, -0.15) is 0 Å². The predicted octanol–water partition coefficient (Wildman–Crippen LogP) is 1.32. The van der Waals surface area contributed by atoms with Crippen LogP contribution in [-0.2, 0) is 11.2 Å².